The summed E-state index contributed by atoms with van der Waals surface area (Å²) in [6.07, 6.45) is 0. The molecule has 0 radical (unpaired) electrons. The van der Waals surface area contributed by atoms with Crippen LogP contribution in [0.4, 0.5) is 10.1 Å². The van der Waals surface area contributed by atoms with E-state index >= 15 is 0 Å². The molecule has 1 aromatic carbocycles. The van der Waals surface area contributed by atoms with Crippen LogP contribution in [0.2, 0.25) is 0 Å². The van der Waals surface area contributed by atoms with Gasteiger partial charge in [0, 0.05) is 5.69 Å². The third kappa shape index (κ3) is 3.89. The average molecular weight is 318 g/mol. The first-order valence-electron chi connectivity index (χ1n) is 5.68. The van der Waals surface area contributed by atoms with Gasteiger partial charge in [0.25, 0.3) is 0 Å². The molecule has 10 heteroatoms. The summed E-state index contributed by atoms with van der Waals surface area (Å²) in [5.41, 5.74) is 15.4. The molecule has 6 N–H and O–H groups in total. The Morgan fingerprint density at radius 3 is 2.10 bits per heavy atom. The Hall–Kier alpha value is -2.20. The fraction of sp³-hybridized carbons (Fsp3) is 0.273. The number of anilines is 1. The van der Waals surface area contributed by atoms with E-state index in [-0.39, 0.29) is 11.3 Å². The molecule has 0 atom stereocenters. The molecule has 0 aliphatic carbocycles. The topological polar surface area (TPSA) is 150 Å². The van der Waals surface area contributed by atoms with Crippen molar-refractivity contribution in [1.29, 1.82) is 0 Å². The van der Waals surface area contributed by atoms with Crippen LogP contribution in [0.3, 0.4) is 0 Å². The lowest BCUT2D eigenvalue weighted by molar-refractivity contribution is -0.120. The van der Waals surface area contributed by atoms with Gasteiger partial charge in [0.15, 0.2) is 0 Å². The van der Waals surface area contributed by atoms with E-state index in [4.69, 9.17) is 17.2 Å². The van der Waals surface area contributed by atoms with E-state index in [0.29, 0.717) is 4.31 Å². The van der Waals surface area contributed by atoms with Gasteiger partial charge < -0.3 is 17.2 Å². The van der Waals surface area contributed by atoms with Gasteiger partial charge in [-0.25, -0.2) is 12.8 Å². The Kier molecular flexibility index (Phi) is 4.86. The molecular formula is C11H15FN4O4S. The summed E-state index contributed by atoms with van der Waals surface area (Å²) in [5.74, 6) is -3.05. The van der Waals surface area contributed by atoms with Gasteiger partial charge in [-0.1, -0.05) is 0 Å². The van der Waals surface area contributed by atoms with E-state index in [1.54, 1.807) is 0 Å². The molecule has 0 spiro atoms. The van der Waals surface area contributed by atoms with Crippen LogP contribution in [0.25, 0.3) is 0 Å². The van der Waals surface area contributed by atoms with Crippen molar-refractivity contribution in [2.45, 2.75) is 11.8 Å². The number of aryl methyl sites for hydroxylation is 1. The second kappa shape index (κ2) is 6.06. The highest BCUT2D eigenvalue weighted by Gasteiger charge is 2.30. The van der Waals surface area contributed by atoms with Crippen LogP contribution in [0.1, 0.15) is 5.56 Å². The maximum absolute atomic E-state index is 14.0. The predicted molar refractivity (Wildman–Crippen MR) is 72.7 cm³/mol. The predicted octanol–water partition coefficient (Wildman–Crippen LogP) is -1.32. The average Bonchev–Trinajstić information content (AvgIpc) is 2.31. The zero-order valence-electron chi connectivity index (χ0n) is 11.2. The lowest BCUT2D eigenvalue weighted by Crippen LogP contribution is -2.43. The Morgan fingerprint density at radius 2 is 1.67 bits per heavy atom. The standard InChI is InChI=1S/C11H15FN4O4S/c1-6-2-7(13)3-8(11(6)12)21(19,20)16(4-9(14)17)5-10(15)18/h2-3H,4-5,13H2,1H3,(H2,14,17)(H2,15,18). The highest BCUT2D eigenvalue weighted by molar-refractivity contribution is 7.89. The summed E-state index contributed by atoms with van der Waals surface area (Å²) < 4.78 is 39.1. The molecule has 0 heterocycles. The monoisotopic (exact) mass is 318 g/mol. The summed E-state index contributed by atoms with van der Waals surface area (Å²) in [4.78, 5) is 21.1. The number of sulfonamides is 1. The molecule has 8 nitrogen and oxygen atoms in total. The van der Waals surface area contributed by atoms with Crippen LogP contribution < -0.4 is 17.2 Å². The van der Waals surface area contributed by atoms with Crippen molar-refractivity contribution in [2.75, 3.05) is 18.8 Å². The molecule has 1 aromatic rings. The highest BCUT2D eigenvalue weighted by Crippen LogP contribution is 2.24. The molecule has 116 valence electrons. The smallest absolute Gasteiger partial charge is 0.247 e. The quantitative estimate of drug-likeness (QED) is 0.556. The molecule has 21 heavy (non-hydrogen) atoms. The first-order chi connectivity index (χ1) is 9.55. The van der Waals surface area contributed by atoms with Gasteiger partial charge in [-0.3, -0.25) is 9.59 Å². The van der Waals surface area contributed by atoms with E-state index in [0.717, 1.165) is 6.07 Å². The summed E-state index contributed by atoms with van der Waals surface area (Å²) in [5, 5.41) is 0. The first-order valence-corrected chi connectivity index (χ1v) is 7.12. The van der Waals surface area contributed by atoms with Crippen molar-refractivity contribution < 1.29 is 22.4 Å². The molecule has 1 rings (SSSR count). The number of nitrogen functional groups attached to an aromatic ring is 1. The molecule has 0 fully saturated rings. The van der Waals surface area contributed by atoms with Crippen LogP contribution in [0, 0.1) is 12.7 Å². The van der Waals surface area contributed by atoms with Crippen molar-refractivity contribution in [3.8, 4) is 0 Å². The lowest BCUT2D eigenvalue weighted by Gasteiger charge is -2.20. The summed E-state index contributed by atoms with van der Waals surface area (Å²) in [7, 11) is -4.49. The lowest BCUT2D eigenvalue weighted by atomic mass is 10.2. The molecule has 0 unspecified atom stereocenters. The number of amides is 2. The largest absolute Gasteiger partial charge is 0.399 e. The van der Waals surface area contributed by atoms with Crippen molar-refractivity contribution in [2.24, 2.45) is 11.5 Å². The van der Waals surface area contributed by atoms with Crippen LogP contribution in [-0.4, -0.2) is 37.6 Å². The van der Waals surface area contributed by atoms with E-state index in [2.05, 4.69) is 0 Å². The first kappa shape index (κ1) is 16.9. The molecule has 0 saturated heterocycles. The Morgan fingerprint density at radius 1 is 1.19 bits per heavy atom. The minimum atomic E-state index is -4.49. The SMILES string of the molecule is Cc1cc(N)cc(S(=O)(=O)N(CC(N)=O)CC(N)=O)c1F. The van der Waals surface area contributed by atoms with Crippen molar-refractivity contribution in [3.63, 3.8) is 0 Å². The van der Waals surface area contributed by atoms with Gasteiger partial charge in [-0.05, 0) is 24.6 Å². The Labute approximate surface area is 120 Å². The highest BCUT2D eigenvalue weighted by atomic mass is 32.2. The Balaban J connectivity index is 3.41. The van der Waals surface area contributed by atoms with Crippen molar-refractivity contribution in [3.05, 3.63) is 23.5 Å². The van der Waals surface area contributed by atoms with E-state index in [1.165, 1.54) is 13.0 Å². The van der Waals surface area contributed by atoms with Gasteiger partial charge in [0.2, 0.25) is 21.8 Å². The fourth-order valence-corrected chi connectivity index (χ4v) is 3.21. The number of primary amides is 2. The second-order valence-electron chi connectivity index (χ2n) is 4.36. The number of carbonyl (C=O) groups excluding carboxylic acids is 2. The van der Waals surface area contributed by atoms with Crippen molar-refractivity contribution in [1.82, 2.24) is 4.31 Å². The van der Waals surface area contributed by atoms with Crippen molar-refractivity contribution >= 4 is 27.5 Å². The number of carbonyl (C=O) groups is 2. The summed E-state index contributed by atoms with van der Waals surface area (Å²) in [6.45, 7) is -0.283. The maximum atomic E-state index is 14.0. The minimum absolute atomic E-state index is 0.00618. The zero-order valence-corrected chi connectivity index (χ0v) is 12.0. The minimum Gasteiger partial charge on any atom is -0.399 e. The van der Waals surface area contributed by atoms with Gasteiger partial charge in [0.1, 0.15) is 10.7 Å². The van der Waals surface area contributed by atoms with Gasteiger partial charge in [0.05, 0.1) is 13.1 Å². The number of rotatable bonds is 6. The van der Waals surface area contributed by atoms with E-state index in [9.17, 15) is 22.4 Å². The number of nitrogens with zero attached hydrogens (tertiary/aromatic N) is 1. The third-order valence-corrected chi connectivity index (χ3v) is 4.32. The normalized spacial score (nSPS) is 11.6. The fourth-order valence-electron chi connectivity index (χ4n) is 1.66. The van der Waals surface area contributed by atoms with Crippen LogP contribution >= 0.6 is 0 Å². The zero-order chi connectivity index (χ0) is 16.4. The third-order valence-electron chi connectivity index (χ3n) is 2.53. The molecule has 0 bridgehead atoms. The number of hydrogen-bond donors (Lipinski definition) is 3. The molecule has 0 aliphatic rings. The van der Waals surface area contributed by atoms with Gasteiger partial charge in [-0.2, -0.15) is 4.31 Å². The number of hydrogen-bond acceptors (Lipinski definition) is 5. The van der Waals surface area contributed by atoms with E-state index < -0.39 is 45.6 Å². The van der Waals surface area contributed by atoms with E-state index in [1.807, 2.05) is 0 Å². The summed E-state index contributed by atoms with van der Waals surface area (Å²) >= 11 is 0. The molecule has 0 aromatic heterocycles. The maximum Gasteiger partial charge on any atom is 0.247 e. The van der Waals surface area contributed by atoms with Gasteiger partial charge in [-0.15, -0.1) is 0 Å². The molecule has 2 amide bonds. The summed E-state index contributed by atoms with van der Waals surface area (Å²) in [6, 6.07) is 2.15. The van der Waals surface area contributed by atoms with Crippen LogP contribution in [0.5, 0.6) is 0 Å². The Bertz CT molecular complexity index is 674. The number of halogens is 1. The van der Waals surface area contributed by atoms with Crippen LogP contribution in [0.15, 0.2) is 17.0 Å². The number of benzene rings is 1. The molecule has 0 aliphatic heterocycles. The molecular weight excluding hydrogens is 303 g/mol. The molecule has 0 saturated carbocycles. The van der Waals surface area contributed by atoms with Gasteiger partial charge >= 0.3 is 0 Å². The number of nitrogens with two attached hydrogens (primary N) is 3. The van der Waals surface area contributed by atoms with Crippen LogP contribution in [-0.2, 0) is 19.6 Å². The second-order valence-corrected chi connectivity index (χ2v) is 6.26.